The van der Waals surface area contributed by atoms with Gasteiger partial charge in [-0.15, -0.1) is 0 Å². The Morgan fingerprint density at radius 1 is 1.40 bits per heavy atom. The van der Waals surface area contributed by atoms with Crippen LogP contribution in [0.5, 0.6) is 0 Å². The molecule has 2 aromatic heterocycles. The number of aryl methyl sites for hydroxylation is 1. The minimum atomic E-state index is 0.512. The first-order valence-electron chi connectivity index (χ1n) is 4.89. The van der Waals surface area contributed by atoms with E-state index in [2.05, 4.69) is 10.1 Å². The first-order chi connectivity index (χ1) is 7.22. The highest BCUT2D eigenvalue weighted by molar-refractivity contribution is 5.30. The van der Waals surface area contributed by atoms with Crippen LogP contribution in [0.15, 0.2) is 24.5 Å². The van der Waals surface area contributed by atoms with Gasteiger partial charge in [0.1, 0.15) is 0 Å². The van der Waals surface area contributed by atoms with Gasteiger partial charge in [-0.3, -0.25) is 0 Å². The zero-order valence-electron chi connectivity index (χ0n) is 8.94. The van der Waals surface area contributed by atoms with Crippen LogP contribution < -0.4 is 5.73 Å². The average molecular weight is 202 g/mol. The first-order valence-corrected chi connectivity index (χ1v) is 4.89. The highest BCUT2D eigenvalue weighted by atomic mass is 15.3. The molecule has 0 spiro atoms. The molecule has 2 aromatic rings. The molecule has 4 heteroatoms. The maximum absolute atomic E-state index is 5.60. The lowest BCUT2D eigenvalue weighted by Crippen LogP contribution is -2.03. The topological polar surface area (TPSA) is 56.7 Å². The predicted molar refractivity (Wildman–Crippen MR) is 58.7 cm³/mol. The summed E-state index contributed by atoms with van der Waals surface area (Å²) in [5.41, 5.74) is 8.87. The molecule has 0 fully saturated rings. The molecule has 0 radical (unpaired) electrons. The SMILES string of the molecule is Cc1ccnc(-n2ncc(CN)c2C)c1. The monoisotopic (exact) mass is 202 g/mol. The molecular weight excluding hydrogens is 188 g/mol. The Kier molecular flexibility index (Phi) is 2.51. The fourth-order valence-corrected chi connectivity index (χ4v) is 1.51. The second kappa shape index (κ2) is 3.82. The number of hydrogen-bond donors (Lipinski definition) is 1. The van der Waals surface area contributed by atoms with E-state index in [1.165, 1.54) is 5.56 Å². The molecule has 0 amide bonds. The third-order valence-corrected chi connectivity index (χ3v) is 2.45. The number of rotatable bonds is 2. The highest BCUT2D eigenvalue weighted by Gasteiger charge is 2.07. The van der Waals surface area contributed by atoms with Gasteiger partial charge in [0.15, 0.2) is 5.82 Å². The smallest absolute Gasteiger partial charge is 0.153 e. The third-order valence-electron chi connectivity index (χ3n) is 2.45. The van der Waals surface area contributed by atoms with E-state index in [1.807, 2.05) is 30.7 Å². The van der Waals surface area contributed by atoms with Crippen molar-refractivity contribution in [1.82, 2.24) is 14.8 Å². The van der Waals surface area contributed by atoms with Gasteiger partial charge in [-0.25, -0.2) is 9.67 Å². The number of aromatic nitrogens is 3. The van der Waals surface area contributed by atoms with Crippen molar-refractivity contribution >= 4 is 0 Å². The van der Waals surface area contributed by atoms with Crippen LogP contribution in [-0.2, 0) is 6.54 Å². The maximum atomic E-state index is 5.60. The summed E-state index contributed by atoms with van der Waals surface area (Å²) in [4.78, 5) is 4.28. The van der Waals surface area contributed by atoms with E-state index >= 15 is 0 Å². The van der Waals surface area contributed by atoms with Crippen LogP contribution in [0.3, 0.4) is 0 Å². The number of hydrogen-bond acceptors (Lipinski definition) is 3. The molecule has 0 atom stereocenters. The van der Waals surface area contributed by atoms with E-state index in [4.69, 9.17) is 5.73 Å². The van der Waals surface area contributed by atoms with E-state index < -0.39 is 0 Å². The molecule has 78 valence electrons. The van der Waals surface area contributed by atoms with Crippen molar-refractivity contribution in [2.24, 2.45) is 5.73 Å². The minimum absolute atomic E-state index is 0.512. The van der Waals surface area contributed by atoms with Gasteiger partial charge >= 0.3 is 0 Å². The van der Waals surface area contributed by atoms with Gasteiger partial charge in [0.25, 0.3) is 0 Å². The van der Waals surface area contributed by atoms with Gasteiger partial charge in [0.05, 0.1) is 6.20 Å². The standard InChI is InChI=1S/C11H14N4/c1-8-3-4-13-11(5-8)15-9(2)10(6-12)7-14-15/h3-5,7H,6,12H2,1-2H3. The largest absolute Gasteiger partial charge is 0.326 e. The van der Waals surface area contributed by atoms with Gasteiger partial charge < -0.3 is 5.73 Å². The highest BCUT2D eigenvalue weighted by Crippen LogP contribution is 2.12. The third kappa shape index (κ3) is 1.76. The van der Waals surface area contributed by atoms with Crippen molar-refractivity contribution < 1.29 is 0 Å². The molecule has 2 heterocycles. The molecule has 0 aliphatic heterocycles. The Hall–Kier alpha value is -1.68. The second-order valence-electron chi connectivity index (χ2n) is 3.56. The van der Waals surface area contributed by atoms with E-state index in [0.29, 0.717) is 6.54 Å². The van der Waals surface area contributed by atoms with Gasteiger partial charge in [-0.1, -0.05) is 0 Å². The molecule has 15 heavy (non-hydrogen) atoms. The summed E-state index contributed by atoms with van der Waals surface area (Å²) in [6.45, 7) is 4.55. The molecule has 0 aliphatic carbocycles. The van der Waals surface area contributed by atoms with Gasteiger partial charge in [0.2, 0.25) is 0 Å². The summed E-state index contributed by atoms with van der Waals surface area (Å²) in [6.07, 6.45) is 3.58. The predicted octanol–water partition coefficient (Wildman–Crippen LogP) is 1.34. The van der Waals surface area contributed by atoms with Crippen LogP contribution in [-0.4, -0.2) is 14.8 Å². The molecule has 2 rings (SSSR count). The molecule has 2 N–H and O–H groups in total. The maximum Gasteiger partial charge on any atom is 0.153 e. The average Bonchev–Trinajstić information content (AvgIpc) is 2.59. The fourth-order valence-electron chi connectivity index (χ4n) is 1.51. The normalized spacial score (nSPS) is 10.6. The lowest BCUT2D eigenvalue weighted by molar-refractivity contribution is 0.813. The molecule has 4 nitrogen and oxygen atoms in total. The van der Waals surface area contributed by atoms with Crippen LogP contribution in [0.4, 0.5) is 0 Å². The zero-order valence-corrected chi connectivity index (χ0v) is 8.94. The Morgan fingerprint density at radius 2 is 2.20 bits per heavy atom. The molecule has 0 aliphatic rings. The van der Waals surface area contributed by atoms with Gasteiger partial charge in [0, 0.05) is 24.0 Å². The summed E-state index contributed by atoms with van der Waals surface area (Å²) in [5, 5.41) is 4.27. The van der Waals surface area contributed by atoms with Gasteiger partial charge in [-0.05, 0) is 31.5 Å². The molecule has 0 unspecified atom stereocenters. The molecular formula is C11H14N4. The first kappa shape index (κ1) is 9.86. The Balaban J connectivity index is 2.49. The van der Waals surface area contributed by atoms with Crippen LogP contribution in [0, 0.1) is 13.8 Å². The van der Waals surface area contributed by atoms with Crippen LogP contribution in [0.2, 0.25) is 0 Å². The molecule has 0 saturated heterocycles. The molecule has 0 bridgehead atoms. The summed E-state index contributed by atoms with van der Waals surface area (Å²) in [6, 6.07) is 3.96. The lowest BCUT2D eigenvalue weighted by Gasteiger charge is -2.04. The number of nitrogens with two attached hydrogens (primary N) is 1. The van der Waals surface area contributed by atoms with E-state index in [1.54, 1.807) is 12.4 Å². The van der Waals surface area contributed by atoms with E-state index in [-0.39, 0.29) is 0 Å². The number of pyridine rings is 1. The summed E-state index contributed by atoms with van der Waals surface area (Å²) in [7, 11) is 0. The van der Waals surface area contributed by atoms with Crippen molar-refractivity contribution in [3.05, 3.63) is 41.3 Å². The van der Waals surface area contributed by atoms with Crippen LogP contribution in [0.25, 0.3) is 5.82 Å². The summed E-state index contributed by atoms with van der Waals surface area (Å²) < 4.78 is 1.81. The lowest BCUT2D eigenvalue weighted by atomic mass is 10.2. The molecule has 0 saturated carbocycles. The van der Waals surface area contributed by atoms with E-state index in [9.17, 15) is 0 Å². The second-order valence-corrected chi connectivity index (χ2v) is 3.56. The van der Waals surface area contributed by atoms with E-state index in [0.717, 1.165) is 17.1 Å². The Morgan fingerprint density at radius 3 is 2.80 bits per heavy atom. The van der Waals surface area contributed by atoms with Crippen molar-refractivity contribution in [2.45, 2.75) is 20.4 Å². The zero-order chi connectivity index (χ0) is 10.8. The summed E-state index contributed by atoms with van der Waals surface area (Å²) >= 11 is 0. The Bertz CT molecular complexity index is 473. The van der Waals surface area contributed by atoms with Crippen molar-refractivity contribution in [3.8, 4) is 5.82 Å². The Labute approximate surface area is 88.8 Å². The fraction of sp³-hybridized carbons (Fsp3) is 0.273. The summed E-state index contributed by atoms with van der Waals surface area (Å²) in [5.74, 6) is 0.840. The van der Waals surface area contributed by atoms with Crippen molar-refractivity contribution in [2.75, 3.05) is 0 Å². The minimum Gasteiger partial charge on any atom is -0.326 e. The number of nitrogens with zero attached hydrogens (tertiary/aromatic N) is 3. The van der Waals surface area contributed by atoms with Crippen LogP contribution in [0.1, 0.15) is 16.8 Å². The quantitative estimate of drug-likeness (QED) is 0.799. The van der Waals surface area contributed by atoms with Gasteiger partial charge in [-0.2, -0.15) is 5.10 Å². The molecule has 0 aromatic carbocycles. The van der Waals surface area contributed by atoms with Crippen molar-refractivity contribution in [3.63, 3.8) is 0 Å². The van der Waals surface area contributed by atoms with Crippen LogP contribution >= 0.6 is 0 Å². The van der Waals surface area contributed by atoms with Crippen molar-refractivity contribution in [1.29, 1.82) is 0 Å².